The summed E-state index contributed by atoms with van der Waals surface area (Å²) in [4.78, 5) is 27.7. The van der Waals surface area contributed by atoms with Crippen molar-refractivity contribution in [2.45, 2.75) is 33.8 Å². The highest BCUT2D eigenvalue weighted by Crippen LogP contribution is 2.40. The number of ether oxygens (including phenoxy) is 5. The molecule has 1 heterocycles. The lowest BCUT2D eigenvalue weighted by Gasteiger charge is -2.33. The molecule has 39 heavy (non-hydrogen) atoms. The molecule has 0 aliphatic carbocycles. The number of fused-ring (bicyclic) bond motifs is 1. The molecule has 2 amide bonds. The number of carbonyl (C=O) groups is 2. The van der Waals surface area contributed by atoms with Gasteiger partial charge in [-0.2, -0.15) is 0 Å². The van der Waals surface area contributed by atoms with Crippen LogP contribution in [0.3, 0.4) is 0 Å². The fraction of sp³-hybridized carbons (Fsp3) is 0.333. The van der Waals surface area contributed by atoms with Crippen LogP contribution >= 0.6 is 0 Å². The lowest BCUT2D eigenvalue weighted by Crippen LogP contribution is -2.46. The summed E-state index contributed by atoms with van der Waals surface area (Å²) in [6.45, 7) is 9.21. The third kappa shape index (κ3) is 6.54. The summed E-state index contributed by atoms with van der Waals surface area (Å²) in [6, 6.07) is 17.9. The Bertz CT molecular complexity index is 1270. The van der Waals surface area contributed by atoms with E-state index in [1.54, 1.807) is 42.2 Å². The zero-order valence-corrected chi connectivity index (χ0v) is 22.7. The van der Waals surface area contributed by atoms with Gasteiger partial charge in [-0.05, 0) is 64.1 Å². The Balaban J connectivity index is 1.53. The number of nitrogens with one attached hydrogen (secondary N) is 1. The van der Waals surface area contributed by atoms with Crippen LogP contribution in [0.4, 0.5) is 11.4 Å². The largest absolute Gasteiger partial charge is 0.492 e. The van der Waals surface area contributed by atoms with Crippen LogP contribution in [-0.2, 0) is 4.79 Å². The molecule has 9 heteroatoms. The van der Waals surface area contributed by atoms with Gasteiger partial charge in [0.25, 0.3) is 11.8 Å². The Morgan fingerprint density at radius 1 is 0.897 bits per heavy atom. The van der Waals surface area contributed by atoms with Gasteiger partial charge in [-0.15, -0.1) is 0 Å². The van der Waals surface area contributed by atoms with Gasteiger partial charge in [0.1, 0.15) is 18.1 Å². The molecule has 3 aromatic carbocycles. The molecule has 0 bridgehead atoms. The molecule has 1 aliphatic rings. The number of carbonyl (C=O) groups excluding carboxylic acids is 2. The van der Waals surface area contributed by atoms with E-state index in [1.165, 1.54) is 0 Å². The maximum atomic E-state index is 13.2. The Morgan fingerprint density at radius 3 is 2.21 bits per heavy atom. The normalized spacial score (nSPS) is 14.2. The van der Waals surface area contributed by atoms with Crippen LogP contribution < -0.4 is 33.9 Å². The number of anilines is 2. The molecular weight excluding hydrogens is 500 g/mol. The highest BCUT2D eigenvalue weighted by Gasteiger charge is 2.31. The quantitative estimate of drug-likeness (QED) is 0.336. The molecule has 3 aromatic rings. The van der Waals surface area contributed by atoms with Crippen molar-refractivity contribution >= 4 is 23.2 Å². The van der Waals surface area contributed by atoms with E-state index in [4.69, 9.17) is 23.7 Å². The zero-order valence-electron chi connectivity index (χ0n) is 22.7. The third-order valence-corrected chi connectivity index (χ3v) is 5.92. The van der Waals surface area contributed by atoms with Gasteiger partial charge in [0.2, 0.25) is 5.75 Å². The minimum Gasteiger partial charge on any atom is -0.492 e. The first-order valence-corrected chi connectivity index (χ1v) is 13.1. The summed E-state index contributed by atoms with van der Waals surface area (Å²) in [5.41, 5.74) is 1.49. The molecular formula is C30H34N2O7. The van der Waals surface area contributed by atoms with Crippen LogP contribution in [0, 0.1) is 0 Å². The van der Waals surface area contributed by atoms with Crippen molar-refractivity contribution in [2.75, 3.05) is 43.2 Å². The summed E-state index contributed by atoms with van der Waals surface area (Å²) in [7, 11) is 0. The fourth-order valence-corrected chi connectivity index (χ4v) is 4.21. The van der Waals surface area contributed by atoms with E-state index in [0.29, 0.717) is 72.9 Å². The fourth-order valence-electron chi connectivity index (χ4n) is 4.21. The molecule has 0 fully saturated rings. The lowest BCUT2D eigenvalue weighted by molar-refractivity contribution is -0.125. The number of amides is 2. The van der Waals surface area contributed by atoms with Gasteiger partial charge < -0.3 is 33.9 Å². The Morgan fingerprint density at radius 2 is 1.56 bits per heavy atom. The van der Waals surface area contributed by atoms with Crippen LogP contribution in [0.2, 0.25) is 0 Å². The van der Waals surface area contributed by atoms with Crippen molar-refractivity contribution in [1.29, 1.82) is 0 Å². The zero-order chi connectivity index (χ0) is 27.8. The molecule has 206 valence electrons. The molecule has 1 unspecified atom stereocenters. The molecule has 9 nitrogen and oxygen atoms in total. The van der Waals surface area contributed by atoms with Crippen molar-refractivity contribution in [3.8, 4) is 28.7 Å². The second-order valence-electron chi connectivity index (χ2n) is 8.65. The highest BCUT2D eigenvalue weighted by atomic mass is 16.5. The first-order valence-electron chi connectivity index (χ1n) is 13.1. The number of hydrogen-bond donors (Lipinski definition) is 1. The van der Waals surface area contributed by atoms with Gasteiger partial charge in [-0.1, -0.05) is 18.2 Å². The smallest absolute Gasteiger partial charge is 0.267 e. The summed E-state index contributed by atoms with van der Waals surface area (Å²) in [5, 5.41) is 2.91. The lowest BCUT2D eigenvalue weighted by atomic mass is 10.1. The molecule has 0 spiro atoms. The summed E-state index contributed by atoms with van der Waals surface area (Å²) in [6.07, 6.45) is -0.672. The Hall–Kier alpha value is -4.40. The predicted octanol–water partition coefficient (Wildman–Crippen LogP) is 5.33. The summed E-state index contributed by atoms with van der Waals surface area (Å²) < 4.78 is 28.9. The number of benzene rings is 3. The number of nitrogens with zero attached hydrogens (tertiary/aromatic N) is 1. The van der Waals surface area contributed by atoms with E-state index in [9.17, 15) is 9.59 Å². The molecule has 1 atom stereocenters. The van der Waals surface area contributed by atoms with Crippen molar-refractivity contribution in [3.05, 3.63) is 66.2 Å². The molecule has 1 aliphatic heterocycles. The molecule has 0 radical (unpaired) electrons. The van der Waals surface area contributed by atoms with Gasteiger partial charge in [0.15, 0.2) is 17.6 Å². The van der Waals surface area contributed by atoms with E-state index in [-0.39, 0.29) is 11.8 Å². The van der Waals surface area contributed by atoms with Gasteiger partial charge in [0.05, 0.1) is 32.1 Å². The maximum Gasteiger partial charge on any atom is 0.267 e. The average molecular weight is 535 g/mol. The van der Waals surface area contributed by atoms with Gasteiger partial charge in [0, 0.05) is 17.3 Å². The van der Waals surface area contributed by atoms with E-state index in [0.717, 1.165) is 5.75 Å². The Labute approximate surface area is 228 Å². The van der Waals surface area contributed by atoms with Gasteiger partial charge >= 0.3 is 0 Å². The van der Waals surface area contributed by atoms with Crippen LogP contribution in [-0.4, -0.2) is 50.9 Å². The predicted molar refractivity (Wildman–Crippen MR) is 149 cm³/mol. The van der Waals surface area contributed by atoms with E-state index in [2.05, 4.69) is 5.32 Å². The second kappa shape index (κ2) is 12.9. The van der Waals surface area contributed by atoms with Gasteiger partial charge in [-0.25, -0.2) is 0 Å². The highest BCUT2D eigenvalue weighted by molar-refractivity contribution is 6.06. The summed E-state index contributed by atoms with van der Waals surface area (Å²) >= 11 is 0. The van der Waals surface area contributed by atoms with Crippen molar-refractivity contribution < 1.29 is 33.3 Å². The standard InChI is InChI=1S/C30H34N2O7/c1-5-35-26-17-21(18-27(36-6-2)28(26)37-7-3)29(33)31-22-13-14-24-25(19-22)39-20(4)30(34)32(24)15-16-38-23-11-9-8-10-12-23/h8-14,17-20H,5-7,15-16H2,1-4H3,(H,31,33). The number of hydrogen-bond acceptors (Lipinski definition) is 7. The van der Waals surface area contributed by atoms with E-state index in [1.807, 2.05) is 51.1 Å². The third-order valence-electron chi connectivity index (χ3n) is 5.92. The molecule has 0 aromatic heterocycles. The van der Waals surface area contributed by atoms with Crippen molar-refractivity contribution in [2.24, 2.45) is 0 Å². The molecule has 0 saturated heterocycles. The monoisotopic (exact) mass is 534 g/mol. The van der Waals surface area contributed by atoms with Crippen molar-refractivity contribution in [3.63, 3.8) is 0 Å². The SMILES string of the molecule is CCOc1cc(C(=O)Nc2ccc3c(c2)OC(C)C(=O)N3CCOc2ccccc2)cc(OCC)c1OCC. The molecule has 4 rings (SSSR count). The first kappa shape index (κ1) is 27.6. The maximum absolute atomic E-state index is 13.2. The minimum absolute atomic E-state index is 0.155. The van der Waals surface area contributed by atoms with Crippen LogP contribution in [0.15, 0.2) is 60.7 Å². The van der Waals surface area contributed by atoms with Crippen molar-refractivity contribution in [1.82, 2.24) is 0 Å². The number of rotatable bonds is 12. The Kier molecular flexibility index (Phi) is 9.14. The van der Waals surface area contributed by atoms with E-state index >= 15 is 0 Å². The topological polar surface area (TPSA) is 95.6 Å². The number of para-hydroxylation sites is 1. The average Bonchev–Trinajstić information content (AvgIpc) is 2.93. The van der Waals surface area contributed by atoms with Gasteiger partial charge in [-0.3, -0.25) is 9.59 Å². The van der Waals surface area contributed by atoms with Crippen LogP contribution in [0.1, 0.15) is 38.1 Å². The molecule has 1 N–H and O–H groups in total. The van der Waals surface area contributed by atoms with Crippen LogP contribution in [0.25, 0.3) is 0 Å². The first-order chi connectivity index (χ1) is 18.9. The summed E-state index contributed by atoms with van der Waals surface area (Å²) in [5.74, 6) is 2.06. The minimum atomic E-state index is -0.672. The second-order valence-corrected chi connectivity index (χ2v) is 8.65. The van der Waals surface area contributed by atoms with Crippen LogP contribution in [0.5, 0.6) is 28.7 Å². The molecule has 0 saturated carbocycles. The van der Waals surface area contributed by atoms with E-state index < -0.39 is 6.10 Å².